The van der Waals surface area contributed by atoms with Crippen LogP contribution in [0.3, 0.4) is 0 Å². The van der Waals surface area contributed by atoms with Gasteiger partial charge in [0, 0.05) is 43.4 Å². The molecule has 2 heterocycles. The van der Waals surface area contributed by atoms with E-state index in [1.54, 1.807) is 16.8 Å². The molecule has 1 saturated heterocycles. The highest BCUT2D eigenvalue weighted by Crippen LogP contribution is 2.23. The number of nitrogens with zero attached hydrogens (tertiary/aromatic N) is 3. The van der Waals surface area contributed by atoms with Crippen LogP contribution in [0.1, 0.15) is 25.8 Å². The fourth-order valence-corrected chi connectivity index (χ4v) is 2.89. The fourth-order valence-electron chi connectivity index (χ4n) is 2.89. The summed E-state index contributed by atoms with van der Waals surface area (Å²) in [6, 6.07) is 6.24. The molecule has 0 saturated carbocycles. The molecular formula is C17H21FN4O. The minimum Gasteiger partial charge on any atom is -0.355 e. The van der Waals surface area contributed by atoms with Crippen LogP contribution in [0.5, 0.6) is 0 Å². The third-order valence-corrected chi connectivity index (χ3v) is 4.25. The average molecular weight is 316 g/mol. The van der Waals surface area contributed by atoms with Crippen LogP contribution in [0.25, 0.3) is 5.69 Å². The highest BCUT2D eigenvalue weighted by Gasteiger charge is 2.31. The van der Waals surface area contributed by atoms with E-state index in [0.717, 1.165) is 24.3 Å². The lowest BCUT2D eigenvalue weighted by atomic mass is 9.97. The first kappa shape index (κ1) is 15.7. The summed E-state index contributed by atoms with van der Waals surface area (Å²) in [6.45, 7) is 6.36. The Labute approximate surface area is 135 Å². The van der Waals surface area contributed by atoms with Gasteiger partial charge < -0.3 is 5.32 Å². The Morgan fingerprint density at radius 3 is 2.78 bits per heavy atom. The topological polar surface area (TPSA) is 50.2 Å². The zero-order valence-electron chi connectivity index (χ0n) is 13.4. The molecule has 0 spiro atoms. The van der Waals surface area contributed by atoms with Gasteiger partial charge in [-0.05, 0) is 38.1 Å². The van der Waals surface area contributed by atoms with Crippen LogP contribution < -0.4 is 5.32 Å². The first-order valence-corrected chi connectivity index (χ1v) is 7.75. The van der Waals surface area contributed by atoms with E-state index >= 15 is 0 Å². The zero-order valence-corrected chi connectivity index (χ0v) is 13.4. The number of carbonyl (C=O) groups is 1. The highest BCUT2D eigenvalue weighted by molar-refractivity contribution is 5.77. The van der Waals surface area contributed by atoms with Crippen molar-refractivity contribution in [1.29, 1.82) is 0 Å². The van der Waals surface area contributed by atoms with E-state index in [1.807, 2.05) is 12.4 Å². The van der Waals surface area contributed by atoms with Crippen LogP contribution in [-0.2, 0) is 11.3 Å². The van der Waals surface area contributed by atoms with Crippen LogP contribution in [0, 0.1) is 5.82 Å². The van der Waals surface area contributed by atoms with Gasteiger partial charge in [0.2, 0.25) is 5.91 Å². The van der Waals surface area contributed by atoms with Gasteiger partial charge in [-0.1, -0.05) is 0 Å². The molecule has 122 valence electrons. The van der Waals surface area contributed by atoms with Crippen molar-refractivity contribution in [3.8, 4) is 5.69 Å². The molecular weight excluding hydrogens is 295 g/mol. The molecule has 1 aromatic carbocycles. The Morgan fingerprint density at radius 2 is 2.04 bits per heavy atom. The van der Waals surface area contributed by atoms with Crippen molar-refractivity contribution in [2.24, 2.45) is 0 Å². The molecule has 0 aliphatic carbocycles. The Balaban J connectivity index is 1.75. The van der Waals surface area contributed by atoms with Crippen molar-refractivity contribution in [2.75, 3.05) is 13.1 Å². The van der Waals surface area contributed by atoms with Crippen LogP contribution in [0.2, 0.25) is 0 Å². The lowest BCUT2D eigenvalue weighted by Crippen LogP contribution is -2.44. The number of halogens is 1. The Morgan fingerprint density at radius 1 is 1.30 bits per heavy atom. The Bertz CT molecular complexity index is 693. The summed E-state index contributed by atoms with van der Waals surface area (Å²) in [5, 5.41) is 7.27. The van der Waals surface area contributed by atoms with Gasteiger partial charge >= 0.3 is 0 Å². The van der Waals surface area contributed by atoms with Crippen LogP contribution in [0.4, 0.5) is 4.39 Å². The van der Waals surface area contributed by atoms with E-state index in [0.29, 0.717) is 13.0 Å². The summed E-state index contributed by atoms with van der Waals surface area (Å²) in [4.78, 5) is 14.0. The summed E-state index contributed by atoms with van der Waals surface area (Å²) in [5.41, 5.74) is 1.69. The second kappa shape index (κ2) is 6.12. The van der Waals surface area contributed by atoms with E-state index in [-0.39, 0.29) is 17.3 Å². The normalized spacial score (nSPS) is 18.5. The lowest BCUT2D eigenvalue weighted by Gasteiger charge is -2.35. The van der Waals surface area contributed by atoms with Gasteiger partial charge in [0.05, 0.1) is 11.9 Å². The first-order valence-electron chi connectivity index (χ1n) is 7.75. The molecule has 3 rings (SSSR count). The summed E-state index contributed by atoms with van der Waals surface area (Å²) < 4.78 is 14.7. The highest BCUT2D eigenvalue weighted by atomic mass is 19.1. The molecule has 1 amide bonds. The maximum Gasteiger partial charge on any atom is 0.221 e. The number of aromatic nitrogens is 2. The fraction of sp³-hybridized carbons (Fsp3) is 0.412. The van der Waals surface area contributed by atoms with Gasteiger partial charge in [-0.2, -0.15) is 5.10 Å². The van der Waals surface area contributed by atoms with Crippen LogP contribution in [-0.4, -0.2) is 39.2 Å². The van der Waals surface area contributed by atoms with E-state index < -0.39 is 0 Å². The minimum atomic E-state index is -0.260. The second-order valence-corrected chi connectivity index (χ2v) is 6.53. The van der Waals surface area contributed by atoms with Crippen molar-refractivity contribution >= 4 is 5.91 Å². The summed E-state index contributed by atoms with van der Waals surface area (Å²) in [7, 11) is 0. The molecule has 1 aromatic heterocycles. The number of hydrogen-bond acceptors (Lipinski definition) is 3. The molecule has 0 atom stereocenters. The summed E-state index contributed by atoms with van der Waals surface area (Å²) in [6.07, 6.45) is 4.25. The third-order valence-electron chi connectivity index (χ3n) is 4.25. The molecule has 1 fully saturated rings. The summed E-state index contributed by atoms with van der Waals surface area (Å²) >= 11 is 0. The van der Waals surface area contributed by atoms with Crippen molar-refractivity contribution in [1.82, 2.24) is 20.0 Å². The van der Waals surface area contributed by atoms with E-state index in [4.69, 9.17) is 0 Å². The monoisotopic (exact) mass is 316 g/mol. The number of benzene rings is 1. The van der Waals surface area contributed by atoms with Gasteiger partial charge in [0.15, 0.2) is 0 Å². The lowest BCUT2D eigenvalue weighted by molar-refractivity contribution is -0.122. The zero-order chi connectivity index (χ0) is 16.4. The molecule has 1 N–H and O–H groups in total. The molecule has 0 unspecified atom stereocenters. The number of amides is 1. The van der Waals surface area contributed by atoms with E-state index in [1.165, 1.54) is 12.1 Å². The van der Waals surface area contributed by atoms with Gasteiger partial charge in [0.1, 0.15) is 5.82 Å². The summed E-state index contributed by atoms with van der Waals surface area (Å²) in [5.74, 6) is -0.163. The predicted molar refractivity (Wildman–Crippen MR) is 85.6 cm³/mol. The number of carbonyl (C=O) groups excluding carboxylic acids is 1. The largest absolute Gasteiger partial charge is 0.355 e. The predicted octanol–water partition coefficient (Wildman–Crippen LogP) is 2.11. The molecule has 23 heavy (non-hydrogen) atoms. The van der Waals surface area contributed by atoms with Crippen molar-refractivity contribution in [3.05, 3.63) is 48.0 Å². The second-order valence-electron chi connectivity index (χ2n) is 6.53. The molecule has 2 aromatic rings. The van der Waals surface area contributed by atoms with Crippen LogP contribution >= 0.6 is 0 Å². The molecule has 0 bridgehead atoms. The van der Waals surface area contributed by atoms with Crippen molar-refractivity contribution < 1.29 is 9.18 Å². The number of hydrogen-bond donors (Lipinski definition) is 1. The van der Waals surface area contributed by atoms with E-state index in [9.17, 15) is 9.18 Å². The van der Waals surface area contributed by atoms with Crippen LogP contribution in [0.15, 0.2) is 36.7 Å². The molecule has 5 nitrogen and oxygen atoms in total. The van der Waals surface area contributed by atoms with Gasteiger partial charge in [-0.3, -0.25) is 9.69 Å². The minimum absolute atomic E-state index is 0.0968. The number of rotatable bonds is 3. The molecule has 1 aliphatic rings. The van der Waals surface area contributed by atoms with Crippen molar-refractivity contribution in [3.63, 3.8) is 0 Å². The Kier molecular flexibility index (Phi) is 4.17. The standard InChI is InChI=1S/C17H21FN4O/c1-17(2)9-16(23)19-7-8-21(17)11-13-10-20-22(12-13)15-5-3-14(18)4-6-15/h3-6,10,12H,7-9,11H2,1-2H3,(H,19,23). The first-order chi connectivity index (χ1) is 10.9. The molecule has 0 radical (unpaired) electrons. The smallest absolute Gasteiger partial charge is 0.221 e. The van der Waals surface area contributed by atoms with Gasteiger partial charge in [0.25, 0.3) is 0 Å². The number of nitrogens with one attached hydrogen (secondary N) is 1. The quantitative estimate of drug-likeness (QED) is 0.943. The SMILES string of the molecule is CC1(C)CC(=O)NCCN1Cc1cnn(-c2ccc(F)cc2)c1. The maximum atomic E-state index is 13.0. The van der Waals surface area contributed by atoms with Crippen molar-refractivity contribution in [2.45, 2.75) is 32.4 Å². The van der Waals surface area contributed by atoms with E-state index in [2.05, 4.69) is 29.2 Å². The maximum absolute atomic E-state index is 13.0. The molecule has 1 aliphatic heterocycles. The van der Waals surface area contributed by atoms with Gasteiger partial charge in [-0.25, -0.2) is 9.07 Å². The Hall–Kier alpha value is -2.21. The average Bonchev–Trinajstić information content (AvgIpc) is 2.90. The van der Waals surface area contributed by atoms with Gasteiger partial charge in [-0.15, -0.1) is 0 Å². The molecule has 6 heteroatoms. The third kappa shape index (κ3) is 3.59.